The third-order valence-electron chi connectivity index (χ3n) is 4.18. The van der Waals surface area contributed by atoms with Crippen LogP contribution in [-0.4, -0.2) is 24.5 Å². The van der Waals surface area contributed by atoms with Crippen molar-refractivity contribution in [1.29, 1.82) is 0 Å². The number of aromatic nitrogens is 1. The number of ether oxygens (including phenoxy) is 1. The van der Waals surface area contributed by atoms with E-state index in [1.807, 2.05) is 24.4 Å². The van der Waals surface area contributed by atoms with Gasteiger partial charge in [-0.3, -0.25) is 0 Å². The molecule has 0 spiro atoms. The van der Waals surface area contributed by atoms with Crippen molar-refractivity contribution in [3.63, 3.8) is 0 Å². The molecule has 4 heteroatoms. The molecule has 3 rings (SSSR count). The Hall–Kier alpha value is -1.48. The second-order valence-corrected chi connectivity index (χ2v) is 5.92. The first-order valence-electron chi connectivity index (χ1n) is 6.99. The van der Waals surface area contributed by atoms with Gasteiger partial charge in [0, 0.05) is 24.0 Å². The monoisotopic (exact) mass is 290 g/mol. The van der Waals surface area contributed by atoms with Crippen LogP contribution in [-0.2, 0) is 0 Å². The molecule has 0 amide bonds. The topological polar surface area (TPSA) is 34.1 Å². The first-order valence-corrected chi connectivity index (χ1v) is 7.52. The number of anilines is 1. The molecule has 1 fully saturated rings. The summed E-state index contributed by atoms with van der Waals surface area (Å²) in [6, 6.07) is 8.08. The van der Waals surface area contributed by atoms with Gasteiger partial charge in [0.1, 0.15) is 11.6 Å². The van der Waals surface area contributed by atoms with E-state index < -0.39 is 0 Å². The minimum absolute atomic E-state index is 0.401. The molecule has 1 aliphatic rings. The Morgan fingerprint density at radius 3 is 2.90 bits per heavy atom. The molecule has 1 saturated carbocycles. The molecular weight excluding hydrogens is 272 g/mol. The van der Waals surface area contributed by atoms with Crippen LogP contribution in [0.25, 0.3) is 10.8 Å². The van der Waals surface area contributed by atoms with Gasteiger partial charge in [0.2, 0.25) is 0 Å². The Morgan fingerprint density at radius 1 is 1.35 bits per heavy atom. The van der Waals surface area contributed by atoms with Crippen LogP contribution in [0.3, 0.4) is 0 Å². The molecule has 0 bridgehead atoms. The molecule has 1 aromatic carbocycles. The highest BCUT2D eigenvalue weighted by molar-refractivity contribution is 6.17. The van der Waals surface area contributed by atoms with Crippen LogP contribution in [0.2, 0.25) is 0 Å². The van der Waals surface area contributed by atoms with E-state index >= 15 is 0 Å². The average Bonchev–Trinajstić information content (AvgIpc) is 3.25. The van der Waals surface area contributed by atoms with Gasteiger partial charge in [-0.1, -0.05) is 0 Å². The number of benzene rings is 1. The molecule has 20 heavy (non-hydrogen) atoms. The normalized spacial score (nSPS) is 16.1. The second-order valence-electron chi connectivity index (χ2n) is 5.54. The van der Waals surface area contributed by atoms with Gasteiger partial charge in [-0.25, -0.2) is 4.98 Å². The lowest BCUT2D eigenvalue weighted by Crippen LogP contribution is -2.16. The molecule has 0 saturated heterocycles. The summed E-state index contributed by atoms with van der Waals surface area (Å²) in [6.45, 7) is 0.956. The Balaban J connectivity index is 1.81. The number of rotatable bonds is 6. The third kappa shape index (κ3) is 2.68. The Morgan fingerprint density at radius 2 is 2.20 bits per heavy atom. The molecule has 1 N–H and O–H groups in total. The van der Waals surface area contributed by atoms with Crippen molar-refractivity contribution < 1.29 is 4.74 Å². The molecule has 106 valence electrons. The lowest BCUT2D eigenvalue weighted by atomic mass is 10.0. The molecule has 2 aromatic rings. The number of hydrogen-bond donors (Lipinski definition) is 1. The van der Waals surface area contributed by atoms with E-state index in [-0.39, 0.29) is 0 Å². The maximum atomic E-state index is 5.88. The summed E-state index contributed by atoms with van der Waals surface area (Å²) in [5.41, 5.74) is 0.401. The third-order valence-corrected chi connectivity index (χ3v) is 4.37. The minimum Gasteiger partial charge on any atom is -0.497 e. The summed E-state index contributed by atoms with van der Waals surface area (Å²) in [6.07, 6.45) is 5.46. The van der Waals surface area contributed by atoms with Crippen LogP contribution in [0.4, 0.5) is 5.82 Å². The van der Waals surface area contributed by atoms with Gasteiger partial charge in [-0.2, -0.15) is 0 Å². The highest BCUT2D eigenvalue weighted by atomic mass is 35.5. The summed E-state index contributed by atoms with van der Waals surface area (Å²) in [4.78, 5) is 4.47. The molecule has 3 nitrogen and oxygen atoms in total. The van der Waals surface area contributed by atoms with Crippen molar-refractivity contribution in [3.8, 4) is 5.75 Å². The zero-order valence-corrected chi connectivity index (χ0v) is 12.4. The van der Waals surface area contributed by atoms with Gasteiger partial charge in [0.25, 0.3) is 0 Å². The van der Waals surface area contributed by atoms with E-state index in [2.05, 4.69) is 16.4 Å². The van der Waals surface area contributed by atoms with Gasteiger partial charge in [0.15, 0.2) is 0 Å². The van der Waals surface area contributed by atoms with Crippen LogP contribution in [0.1, 0.15) is 19.3 Å². The predicted octanol–water partition coefficient (Wildman–Crippen LogP) is 4.06. The Kier molecular flexibility index (Phi) is 3.70. The standard InChI is InChI=1S/C16H19ClN2O/c1-20-13-2-3-14-12(10-13)4-9-18-15(14)19-11-16(5-6-16)7-8-17/h2-4,9-10H,5-8,11H2,1H3,(H,18,19). The van der Waals surface area contributed by atoms with Gasteiger partial charge < -0.3 is 10.1 Å². The fraction of sp³-hybridized carbons (Fsp3) is 0.438. The lowest BCUT2D eigenvalue weighted by Gasteiger charge is -2.16. The minimum atomic E-state index is 0.401. The van der Waals surface area contributed by atoms with Crippen molar-refractivity contribution in [1.82, 2.24) is 4.98 Å². The van der Waals surface area contributed by atoms with Crippen LogP contribution in [0.5, 0.6) is 5.75 Å². The largest absolute Gasteiger partial charge is 0.497 e. The SMILES string of the molecule is COc1ccc2c(NCC3(CCCl)CC3)nccc2c1. The van der Waals surface area contributed by atoms with Gasteiger partial charge in [-0.15, -0.1) is 11.6 Å². The summed E-state index contributed by atoms with van der Waals surface area (Å²) in [7, 11) is 1.69. The highest BCUT2D eigenvalue weighted by Gasteiger charge is 2.41. The summed E-state index contributed by atoms with van der Waals surface area (Å²) in [5, 5.41) is 5.78. The van der Waals surface area contributed by atoms with Crippen LogP contribution < -0.4 is 10.1 Å². The quantitative estimate of drug-likeness (QED) is 0.815. The van der Waals surface area contributed by atoms with Gasteiger partial charge in [-0.05, 0) is 54.3 Å². The van der Waals surface area contributed by atoms with Crippen molar-refractivity contribution >= 4 is 28.2 Å². The number of nitrogens with zero attached hydrogens (tertiary/aromatic N) is 1. The number of halogens is 1. The number of nitrogens with one attached hydrogen (secondary N) is 1. The molecule has 0 radical (unpaired) electrons. The fourth-order valence-corrected chi connectivity index (χ4v) is 2.99. The number of fused-ring (bicyclic) bond motifs is 1. The maximum absolute atomic E-state index is 5.88. The first-order chi connectivity index (χ1) is 9.76. The van der Waals surface area contributed by atoms with Crippen molar-refractivity contribution in [2.75, 3.05) is 24.9 Å². The zero-order valence-electron chi connectivity index (χ0n) is 11.7. The lowest BCUT2D eigenvalue weighted by molar-refractivity contribution is 0.415. The van der Waals surface area contributed by atoms with E-state index in [1.54, 1.807) is 7.11 Å². The predicted molar refractivity (Wildman–Crippen MR) is 83.8 cm³/mol. The molecule has 1 aliphatic carbocycles. The highest BCUT2D eigenvalue weighted by Crippen LogP contribution is 2.49. The van der Waals surface area contributed by atoms with Crippen molar-refractivity contribution in [2.24, 2.45) is 5.41 Å². The van der Waals surface area contributed by atoms with Gasteiger partial charge >= 0.3 is 0 Å². The first kappa shape index (κ1) is 13.5. The Labute approximate surface area is 124 Å². The smallest absolute Gasteiger partial charge is 0.133 e. The molecule has 0 unspecified atom stereocenters. The number of alkyl halides is 1. The fourth-order valence-electron chi connectivity index (χ4n) is 2.59. The van der Waals surface area contributed by atoms with E-state index in [9.17, 15) is 0 Å². The van der Waals surface area contributed by atoms with Crippen LogP contribution in [0, 0.1) is 5.41 Å². The molecule has 1 aromatic heterocycles. The van der Waals surface area contributed by atoms with E-state index in [4.69, 9.17) is 16.3 Å². The molecule has 0 atom stereocenters. The van der Waals surface area contributed by atoms with Crippen molar-refractivity contribution in [2.45, 2.75) is 19.3 Å². The van der Waals surface area contributed by atoms with Crippen molar-refractivity contribution in [3.05, 3.63) is 30.5 Å². The average molecular weight is 291 g/mol. The van der Waals surface area contributed by atoms with Crippen LogP contribution >= 0.6 is 11.6 Å². The number of hydrogen-bond acceptors (Lipinski definition) is 3. The molecular formula is C16H19ClN2O. The molecule has 1 heterocycles. The summed E-state index contributed by atoms with van der Waals surface area (Å²) < 4.78 is 5.26. The van der Waals surface area contributed by atoms with E-state index in [0.29, 0.717) is 5.41 Å². The van der Waals surface area contributed by atoms with Gasteiger partial charge in [0.05, 0.1) is 7.11 Å². The van der Waals surface area contributed by atoms with E-state index in [1.165, 1.54) is 12.8 Å². The maximum Gasteiger partial charge on any atom is 0.133 e. The zero-order chi connectivity index (χ0) is 14.0. The molecule has 0 aliphatic heterocycles. The second kappa shape index (κ2) is 5.49. The number of pyridine rings is 1. The van der Waals surface area contributed by atoms with E-state index in [0.717, 1.165) is 41.2 Å². The Bertz CT molecular complexity index is 610. The summed E-state index contributed by atoms with van der Waals surface area (Å²) in [5.74, 6) is 2.56. The van der Waals surface area contributed by atoms with Crippen LogP contribution in [0.15, 0.2) is 30.5 Å². The number of methoxy groups -OCH3 is 1. The summed E-state index contributed by atoms with van der Waals surface area (Å²) >= 11 is 5.88.